The fourth-order valence-electron chi connectivity index (χ4n) is 1.26. The first kappa shape index (κ1) is 11.5. The summed E-state index contributed by atoms with van der Waals surface area (Å²) in [5.74, 6) is -0.211. The summed E-state index contributed by atoms with van der Waals surface area (Å²) in [6.45, 7) is 3.65. The molecule has 0 saturated heterocycles. The first-order valence-corrected chi connectivity index (χ1v) is 4.90. The standard InChI is InChI=1S/C6H12.C4H8O2/c1-2-4-6-5-3-1;1-3-6-4(2)5/h1-6H2;3H2,1-2H3. The zero-order valence-electron chi connectivity index (χ0n) is 8.27. The molecule has 1 rings (SSSR count). The van der Waals surface area contributed by atoms with Gasteiger partial charge in [-0.15, -0.1) is 0 Å². The van der Waals surface area contributed by atoms with Crippen LogP contribution in [0.3, 0.4) is 0 Å². The summed E-state index contributed by atoms with van der Waals surface area (Å²) in [4.78, 5) is 9.82. The van der Waals surface area contributed by atoms with Gasteiger partial charge in [0, 0.05) is 6.92 Å². The smallest absolute Gasteiger partial charge is 0.302 e. The fraction of sp³-hybridized carbons (Fsp3) is 0.900. The van der Waals surface area contributed by atoms with E-state index in [-0.39, 0.29) is 5.97 Å². The van der Waals surface area contributed by atoms with E-state index in [1.807, 2.05) is 0 Å². The number of esters is 1. The van der Waals surface area contributed by atoms with Crippen molar-refractivity contribution in [1.82, 2.24) is 0 Å². The molecule has 12 heavy (non-hydrogen) atoms. The molecule has 0 atom stereocenters. The van der Waals surface area contributed by atoms with Gasteiger partial charge in [-0.1, -0.05) is 38.5 Å². The molecule has 0 N–H and O–H groups in total. The average Bonchev–Trinajstić information content (AvgIpc) is 2.08. The molecular formula is C10H20O2. The lowest BCUT2D eigenvalue weighted by Gasteiger charge is -2.05. The molecule has 0 aliphatic heterocycles. The molecule has 1 saturated carbocycles. The largest absolute Gasteiger partial charge is 0.466 e. The highest BCUT2D eigenvalue weighted by Gasteiger charge is 1.95. The Balaban J connectivity index is 0.000000202. The lowest BCUT2D eigenvalue weighted by Crippen LogP contribution is -1.95. The molecular weight excluding hydrogens is 152 g/mol. The van der Waals surface area contributed by atoms with E-state index in [0.717, 1.165) is 0 Å². The van der Waals surface area contributed by atoms with E-state index in [0.29, 0.717) is 6.61 Å². The Morgan fingerprint density at radius 1 is 1.08 bits per heavy atom. The molecule has 0 radical (unpaired) electrons. The van der Waals surface area contributed by atoms with Crippen molar-refractivity contribution in [2.24, 2.45) is 0 Å². The SMILES string of the molecule is C1CCCCC1.CCOC(C)=O. The Morgan fingerprint density at radius 2 is 1.42 bits per heavy atom. The lowest BCUT2D eigenvalue weighted by molar-refractivity contribution is -0.140. The van der Waals surface area contributed by atoms with E-state index in [1.54, 1.807) is 6.92 Å². The second-order valence-electron chi connectivity index (χ2n) is 3.05. The Labute approximate surface area is 75.3 Å². The van der Waals surface area contributed by atoms with Crippen molar-refractivity contribution >= 4 is 5.97 Å². The second-order valence-corrected chi connectivity index (χ2v) is 3.05. The third-order valence-corrected chi connectivity index (χ3v) is 1.85. The molecule has 1 fully saturated rings. The number of ether oxygens (including phenoxy) is 1. The first-order valence-electron chi connectivity index (χ1n) is 4.90. The van der Waals surface area contributed by atoms with Gasteiger partial charge in [-0.2, -0.15) is 0 Å². The van der Waals surface area contributed by atoms with Gasteiger partial charge < -0.3 is 4.74 Å². The highest BCUT2D eigenvalue weighted by molar-refractivity contribution is 5.65. The van der Waals surface area contributed by atoms with Crippen LogP contribution in [0.4, 0.5) is 0 Å². The minimum atomic E-state index is -0.211. The van der Waals surface area contributed by atoms with Gasteiger partial charge >= 0.3 is 5.97 Å². The van der Waals surface area contributed by atoms with Gasteiger partial charge in [0.2, 0.25) is 0 Å². The summed E-state index contributed by atoms with van der Waals surface area (Å²) in [6.07, 6.45) is 9.00. The molecule has 1 aliphatic rings. The highest BCUT2D eigenvalue weighted by atomic mass is 16.5. The van der Waals surface area contributed by atoms with Crippen LogP contribution in [-0.2, 0) is 9.53 Å². The summed E-state index contributed by atoms with van der Waals surface area (Å²) in [5, 5.41) is 0. The van der Waals surface area contributed by atoms with Crippen LogP contribution in [-0.4, -0.2) is 12.6 Å². The molecule has 0 bridgehead atoms. The molecule has 2 nitrogen and oxygen atoms in total. The Hall–Kier alpha value is -0.530. The molecule has 0 heterocycles. The third kappa shape index (κ3) is 9.47. The maximum Gasteiger partial charge on any atom is 0.302 e. The number of hydrogen-bond donors (Lipinski definition) is 0. The monoisotopic (exact) mass is 172 g/mol. The van der Waals surface area contributed by atoms with Crippen LogP contribution in [0.25, 0.3) is 0 Å². The summed E-state index contributed by atoms with van der Waals surface area (Å²) < 4.78 is 4.40. The number of rotatable bonds is 1. The van der Waals surface area contributed by atoms with Crippen molar-refractivity contribution in [3.63, 3.8) is 0 Å². The van der Waals surface area contributed by atoms with Crippen LogP contribution >= 0.6 is 0 Å². The van der Waals surface area contributed by atoms with E-state index in [1.165, 1.54) is 45.4 Å². The van der Waals surface area contributed by atoms with Gasteiger partial charge in [0.25, 0.3) is 0 Å². The van der Waals surface area contributed by atoms with Crippen molar-refractivity contribution in [3.8, 4) is 0 Å². The van der Waals surface area contributed by atoms with E-state index >= 15 is 0 Å². The molecule has 0 aromatic carbocycles. The van der Waals surface area contributed by atoms with Crippen LogP contribution in [0.1, 0.15) is 52.4 Å². The summed E-state index contributed by atoms with van der Waals surface area (Å²) in [7, 11) is 0. The maximum absolute atomic E-state index is 9.82. The van der Waals surface area contributed by atoms with Crippen LogP contribution in [0, 0.1) is 0 Å². The molecule has 0 aromatic rings. The summed E-state index contributed by atoms with van der Waals surface area (Å²) >= 11 is 0. The fourth-order valence-corrected chi connectivity index (χ4v) is 1.26. The quantitative estimate of drug-likeness (QED) is 0.568. The predicted molar refractivity (Wildman–Crippen MR) is 50.0 cm³/mol. The van der Waals surface area contributed by atoms with E-state index in [2.05, 4.69) is 4.74 Å². The third-order valence-electron chi connectivity index (χ3n) is 1.85. The molecule has 2 heteroatoms. The normalized spacial score (nSPS) is 15.8. The maximum atomic E-state index is 9.82. The zero-order valence-corrected chi connectivity index (χ0v) is 8.27. The topological polar surface area (TPSA) is 26.3 Å². The lowest BCUT2D eigenvalue weighted by atomic mass is 10.0. The van der Waals surface area contributed by atoms with Crippen LogP contribution in [0.5, 0.6) is 0 Å². The molecule has 72 valence electrons. The van der Waals surface area contributed by atoms with Gasteiger partial charge in [0.15, 0.2) is 0 Å². The highest BCUT2D eigenvalue weighted by Crippen LogP contribution is 2.15. The predicted octanol–water partition coefficient (Wildman–Crippen LogP) is 2.91. The van der Waals surface area contributed by atoms with Crippen molar-refractivity contribution < 1.29 is 9.53 Å². The van der Waals surface area contributed by atoms with Gasteiger partial charge in [-0.05, 0) is 6.92 Å². The molecule has 1 aliphatic carbocycles. The molecule has 0 spiro atoms. The Morgan fingerprint density at radius 3 is 1.50 bits per heavy atom. The second kappa shape index (κ2) is 8.57. The number of hydrogen-bond acceptors (Lipinski definition) is 2. The van der Waals surface area contributed by atoms with Crippen molar-refractivity contribution in [2.75, 3.05) is 6.61 Å². The molecule has 0 unspecified atom stereocenters. The van der Waals surface area contributed by atoms with E-state index in [4.69, 9.17) is 0 Å². The van der Waals surface area contributed by atoms with Crippen molar-refractivity contribution in [1.29, 1.82) is 0 Å². The Kier molecular flexibility index (Phi) is 8.19. The van der Waals surface area contributed by atoms with E-state index < -0.39 is 0 Å². The number of carbonyl (C=O) groups is 1. The zero-order chi connectivity index (χ0) is 9.23. The summed E-state index contributed by atoms with van der Waals surface area (Å²) in [5.41, 5.74) is 0. The van der Waals surface area contributed by atoms with Crippen LogP contribution in [0.2, 0.25) is 0 Å². The molecule has 0 aromatic heterocycles. The minimum Gasteiger partial charge on any atom is -0.466 e. The average molecular weight is 172 g/mol. The van der Waals surface area contributed by atoms with Crippen molar-refractivity contribution in [3.05, 3.63) is 0 Å². The number of carbonyl (C=O) groups excluding carboxylic acids is 1. The molecule has 0 amide bonds. The minimum absolute atomic E-state index is 0.211. The van der Waals surface area contributed by atoms with Gasteiger partial charge in [-0.25, -0.2) is 0 Å². The van der Waals surface area contributed by atoms with E-state index in [9.17, 15) is 4.79 Å². The summed E-state index contributed by atoms with van der Waals surface area (Å²) in [6, 6.07) is 0. The van der Waals surface area contributed by atoms with Crippen molar-refractivity contribution in [2.45, 2.75) is 52.4 Å². The van der Waals surface area contributed by atoms with Gasteiger partial charge in [0.1, 0.15) is 0 Å². The van der Waals surface area contributed by atoms with Gasteiger partial charge in [0.05, 0.1) is 6.61 Å². The first-order chi connectivity index (χ1) is 5.77. The van der Waals surface area contributed by atoms with Gasteiger partial charge in [-0.3, -0.25) is 4.79 Å². The van der Waals surface area contributed by atoms with Crippen LogP contribution in [0.15, 0.2) is 0 Å². The van der Waals surface area contributed by atoms with Crippen LogP contribution < -0.4 is 0 Å². The Bertz CT molecular complexity index is 94.9.